The standard InChI is InChI=1S/C14H14N2O5/c1-14(2,13(20)21)6-9(17)16-11(18)7-4-3-5-8(15)10(7)12(16)19/h3-5H,6,15H2,1-2H3,(H,20,21). The summed E-state index contributed by atoms with van der Waals surface area (Å²) in [4.78, 5) is 48.0. The molecule has 0 radical (unpaired) electrons. The molecule has 0 bridgehead atoms. The van der Waals surface area contributed by atoms with Gasteiger partial charge in [0.1, 0.15) is 0 Å². The molecule has 21 heavy (non-hydrogen) atoms. The van der Waals surface area contributed by atoms with E-state index in [2.05, 4.69) is 0 Å². The molecule has 2 rings (SSSR count). The summed E-state index contributed by atoms with van der Waals surface area (Å²) in [5.74, 6) is -3.62. The van der Waals surface area contributed by atoms with Crippen LogP contribution in [0.25, 0.3) is 0 Å². The van der Waals surface area contributed by atoms with Crippen molar-refractivity contribution in [2.24, 2.45) is 5.41 Å². The number of nitrogens with two attached hydrogens (primary N) is 1. The number of nitrogens with zero attached hydrogens (tertiary/aromatic N) is 1. The number of amides is 3. The number of carbonyl (C=O) groups excluding carboxylic acids is 3. The van der Waals surface area contributed by atoms with Gasteiger partial charge in [0, 0.05) is 12.1 Å². The third kappa shape index (κ3) is 2.26. The molecule has 0 atom stereocenters. The molecule has 110 valence electrons. The third-order valence-corrected chi connectivity index (χ3v) is 3.37. The zero-order valence-electron chi connectivity index (χ0n) is 11.5. The summed E-state index contributed by atoms with van der Waals surface area (Å²) < 4.78 is 0. The number of anilines is 1. The van der Waals surface area contributed by atoms with Crippen LogP contribution >= 0.6 is 0 Å². The summed E-state index contributed by atoms with van der Waals surface area (Å²) in [5.41, 5.74) is 4.44. The number of carbonyl (C=O) groups is 4. The van der Waals surface area contributed by atoms with Gasteiger partial charge in [0.25, 0.3) is 11.8 Å². The molecule has 7 nitrogen and oxygen atoms in total. The molecule has 0 spiro atoms. The minimum absolute atomic E-state index is 0.0102. The van der Waals surface area contributed by atoms with E-state index >= 15 is 0 Å². The molecule has 7 heteroatoms. The van der Waals surface area contributed by atoms with E-state index in [9.17, 15) is 19.2 Å². The van der Waals surface area contributed by atoms with Gasteiger partial charge in [-0.2, -0.15) is 0 Å². The zero-order chi connectivity index (χ0) is 15.9. The lowest BCUT2D eigenvalue weighted by Crippen LogP contribution is -2.40. The highest BCUT2D eigenvalue weighted by atomic mass is 16.4. The van der Waals surface area contributed by atoms with Crippen LogP contribution in [0.3, 0.4) is 0 Å². The summed E-state index contributed by atoms with van der Waals surface area (Å²) in [6.45, 7) is 2.69. The van der Waals surface area contributed by atoms with Crippen LogP contribution in [-0.2, 0) is 9.59 Å². The summed E-state index contributed by atoms with van der Waals surface area (Å²) in [6.07, 6.45) is -0.465. The third-order valence-electron chi connectivity index (χ3n) is 3.37. The van der Waals surface area contributed by atoms with Crippen molar-refractivity contribution in [1.82, 2.24) is 4.90 Å². The van der Waals surface area contributed by atoms with E-state index in [4.69, 9.17) is 10.8 Å². The van der Waals surface area contributed by atoms with Gasteiger partial charge < -0.3 is 10.8 Å². The Balaban J connectivity index is 2.34. The molecule has 0 aliphatic carbocycles. The van der Waals surface area contributed by atoms with Gasteiger partial charge in [-0.25, -0.2) is 4.90 Å². The fourth-order valence-corrected chi connectivity index (χ4v) is 2.07. The highest BCUT2D eigenvalue weighted by molar-refractivity contribution is 6.30. The number of carboxylic acids is 1. The summed E-state index contributed by atoms with van der Waals surface area (Å²) in [5, 5.41) is 9.02. The number of carboxylic acid groups (broad SMARTS) is 1. The molecule has 0 saturated heterocycles. The molecule has 1 heterocycles. The first-order valence-corrected chi connectivity index (χ1v) is 6.20. The van der Waals surface area contributed by atoms with Gasteiger partial charge in [-0.3, -0.25) is 19.2 Å². The maximum absolute atomic E-state index is 12.2. The van der Waals surface area contributed by atoms with Gasteiger partial charge in [0.15, 0.2) is 0 Å². The van der Waals surface area contributed by atoms with E-state index in [0.717, 1.165) is 0 Å². The predicted octanol–water partition coefficient (Wildman–Crippen LogP) is 0.892. The maximum atomic E-state index is 12.2. The number of hydrogen-bond acceptors (Lipinski definition) is 5. The summed E-state index contributed by atoms with van der Waals surface area (Å²) in [7, 11) is 0. The molecule has 3 amide bonds. The predicted molar refractivity (Wildman–Crippen MR) is 72.4 cm³/mol. The minimum atomic E-state index is -1.38. The van der Waals surface area contributed by atoms with Crippen LogP contribution in [0.2, 0.25) is 0 Å². The van der Waals surface area contributed by atoms with Gasteiger partial charge in [-0.1, -0.05) is 6.07 Å². The number of imide groups is 3. The SMILES string of the molecule is CC(C)(CC(=O)N1C(=O)c2cccc(N)c2C1=O)C(=O)O. The van der Waals surface area contributed by atoms with Crippen molar-refractivity contribution in [3.63, 3.8) is 0 Å². The molecule has 0 aromatic heterocycles. The van der Waals surface area contributed by atoms with E-state index in [-0.39, 0.29) is 16.8 Å². The molecule has 3 N–H and O–H groups in total. The number of fused-ring (bicyclic) bond motifs is 1. The monoisotopic (exact) mass is 290 g/mol. The van der Waals surface area contributed by atoms with Crippen LogP contribution in [0.15, 0.2) is 18.2 Å². The Morgan fingerprint density at radius 2 is 1.86 bits per heavy atom. The molecular weight excluding hydrogens is 276 g/mol. The van der Waals surface area contributed by atoms with Gasteiger partial charge in [-0.15, -0.1) is 0 Å². The summed E-state index contributed by atoms with van der Waals surface area (Å²) in [6, 6.07) is 4.37. The van der Waals surface area contributed by atoms with Gasteiger partial charge in [-0.05, 0) is 26.0 Å². The number of nitrogen functional groups attached to an aromatic ring is 1. The molecule has 1 aromatic carbocycles. The van der Waals surface area contributed by atoms with E-state index < -0.39 is 35.5 Å². The van der Waals surface area contributed by atoms with Crippen molar-refractivity contribution in [2.75, 3.05) is 5.73 Å². The quantitative estimate of drug-likeness (QED) is 0.630. The minimum Gasteiger partial charge on any atom is -0.481 e. The van der Waals surface area contributed by atoms with Gasteiger partial charge >= 0.3 is 5.97 Å². The number of hydrogen-bond donors (Lipinski definition) is 2. The van der Waals surface area contributed by atoms with Crippen LogP contribution in [-0.4, -0.2) is 33.7 Å². The maximum Gasteiger partial charge on any atom is 0.309 e. The van der Waals surface area contributed by atoms with Crippen molar-refractivity contribution in [3.05, 3.63) is 29.3 Å². The second-order valence-electron chi connectivity index (χ2n) is 5.48. The Kier molecular flexibility index (Phi) is 3.29. The average molecular weight is 290 g/mol. The molecule has 1 aliphatic rings. The normalized spacial score (nSPS) is 14.3. The van der Waals surface area contributed by atoms with Gasteiger partial charge in [0.2, 0.25) is 5.91 Å². The first-order valence-electron chi connectivity index (χ1n) is 6.20. The fraction of sp³-hybridized carbons (Fsp3) is 0.286. The van der Waals surface area contributed by atoms with Crippen molar-refractivity contribution < 1.29 is 24.3 Å². The number of rotatable bonds is 3. The lowest BCUT2D eigenvalue weighted by Gasteiger charge is -2.20. The van der Waals surface area contributed by atoms with Gasteiger partial charge in [0.05, 0.1) is 16.5 Å². The van der Waals surface area contributed by atoms with E-state index in [1.807, 2.05) is 0 Å². The van der Waals surface area contributed by atoms with Crippen LogP contribution in [0.4, 0.5) is 5.69 Å². The molecule has 1 aromatic rings. The van der Waals surface area contributed by atoms with E-state index in [0.29, 0.717) is 4.90 Å². The zero-order valence-corrected chi connectivity index (χ0v) is 11.5. The van der Waals surface area contributed by atoms with Crippen molar-refractivity contribution in [1.29, 1.82) is 0 Å². The molecule has 0 fully saturated rings. The number of benzene rings is 1. The Morgan fingerprint density at radius 3 is 2.38 bits per heavy atom. The van der Waals surface area contributed by atoms with E-state index in [1.54, 1.807) is 0 Å². The molecule has 0 unspecified atom stereocenters. The Bertz CT molecular complexity index is 678. The lowest BCUT2D eigenvalue weighted by atomic mass is 9.89. The van der Waals surface area contributed by atoms with Crippen LogP contribution in [0.1, 0.15) is 41.0 Å². The molecule has 0 saturated carbocycles. The molecular formula is C14H14N2O5. The van der Waals surface area contributed by atoms with E-state index in [1.165, 1.54) is 32.0 Å². The average Bonchev–Trinajstić information content (AvgIpc) is 2.62. The lowest BCUT2D eigenvalue weighted by molar-refractivity contribution is -0.150. The highest BCUT2D eigenvalue weighted by Crippen LogP contribution is 2.30. The van der Waals surface area contributed by atoms with Crippen LogP contribution in [0, 0.1) is 5.41 Å². The second-order valence-corrected chi connectivity index (χ2v) is 5.48. The summed E-state index contributed by atoms with van der Waals surface area (Å²) >= 11 is 0. The van der Waals surface area contributed by atoms with Crippen molar-refractivity contribution in [3.8, 4) is 0 Å². The first-order chi connectivity index (χ1) is 9.66. The first kappa shape index (κ1) is 14.7. The second kappa shape index (κ2) is 4.69. The topological polar surface area (TPSA) is 118 Å². The highest BCUT2D eigenvalue weighted by Gasteiger charge is 2.43. The smallest absolute Gasteiger partial charge is 0.309 e. The largest absolute Gasteiger partial charge is 0.481 e. The van der Waals surface area contributed by atoms with Crippen molar-refractivity contribution in [2.45, 2.75) is 20.3 Å². The Morgan fingerprint density at radius 1 is 1.24 bits per heavy atom. The Labute approximate surface area is 120 Å². The fourth-order valence-electron chi connectivity index (χ4n) is 2.07. The van der Waals surface area contributed by atoms with Crippen LogP contribution in [0.5, 0.6) is 0 Å². The van der Waals surface area contributed by atoms with Crippen LogP contribution < -0.4 is 5.73 Å². The van der Waals surface area contributed by atoms with Crippen molar-refractivity contribution >= 4 is 29.4 Å². The Hall–Kier alpha value is -2.70. The number of aliphatic carboxylic acids is 1. The molecule has 1 aliphatic heterocycles.